The normalized spacial score (nSPS) is 17.9. The Kier molecular flexibility index (Phi) is 5.06. The highest BCUT2D eigenvalue weighted by Crippen LogP contribution is 2.48. The highest BCUT2D eigenvalue weighted by Gasteiger charge is 2.53. The Morgan fingerprint density at radius 2 is 1.76 bits per heavy atom. The minimum Gasteiger partial charge on any atom is -0.480 e. The van der Waals surface area contributed by atoms with Crippen molar-refractivity contribution < 1.29 is 23.1 Å². The first-order valence-electron chi connectivity index (χ1n) is 10.6. The SMILES string of the molecule is O=C(O)CN1C(=O)C2(CCN(S(=O)(=O)c3ccc(-c4cn[nH]c4)cc3)CC2)c2ccccc21. The van der Waals surface area contributed by atoms with Gasteiger partial charge in [-0.25, -0.2) is 8.42 Å². The zero-order valence-corrected chi connectivity index (χ0v) is 18.5. The number of aromatic nitrogens is 2. The molecule has 0 bridgehead atoms. The lowest BCUT2D eigenvalue weighted by Gasteiger charge is -2.37. The van der Waals surface area contributed by atoms with E-state index in [0.717, 1.165) is 16.7 Å². The quantitative estimate of drug-likeness (QED) is 0.594. The number of hydrogen-bond acceptors (Lipinski definition) is 5. The molecule has 1 aromatic heterocycles. The van der Waals surface area contributed by atoms with Gasteiger partial charge in [0.1, 0.15) is 6.54 Å². The zero-order chi connectivity index (χ0) is 23.2. The number of para-hydroxylation sites is 1. The van der Waals surface area contributed by atoms with Crippen LogP contribution in [-0.4, -0.2) is 59.5 Å². The van der Waals surface area contributed by atoms with Crippen molar-refractivity contribution in [3.63, 3.8) is 0 Å². The summed E-state index contributed by atoms with van der Waals surface area (Å²) in [6, 6.07) is 13.8. The second-order valence-corrected chi connectivity index (χ2v) is 10.2. The van der Waals surface area contributed by atoms with Crippen LogP contribution in [0.5, 0.6) is 0 Å². The topological polar surface area (TPSA) is 124 Å². The van der Waals surface area contributed by atoms with Crippen LogP contribution in [0.1, 0.15) is 18.4 Å². The number of H-pyrrole nitrogens is 1. The van der Waals surface area contributed by atoms with Crippen LogP contribution in [0.3, 0.4) is 0 Å². The summed E-state index contributed by atoms with van der Waals surface area (Å²) in [5, 5.41) is 15.9. The number of aromatic amines is 1. The predicted octanol–water partition coefficient (Wildman–Crippen LogP) is 2.23. The summed E-state index contributed by atoms with van der Waals surface area (Å²) in [4.78, 5) is 26.2. The van der Waals surface area contributed by atoms with Crippen LogP contribution in [0.15, 0.2) is 65.8 Å². The van der Waals surface area contributed by atoms with Crippen LogP contribution in [0.25, 0.3) is 11.1 Å². The summed E-state index contributed by atoms with van der Waals surface area (Å²) in [6.45, 7) is -0.0672. The third-order valence-corrected chi connectivity index (χ3v) is 8.47. The van der Waals surface area contributed by atoms with Gasteiger partial charge in [0.15, 0.2) is 0 Å². The van der Waals surface area contributed by atoms with Gasteiger partial charge in [0.05, 0.1) is 16.5 Å². The average Bonchev–Trinajstić information content (AvgIpc) is 3.43. The Morgan fingerprint density at radius 1 is 1.06 bits per heavy atom. The zero-order valence-electron chi connectivity index (χ0n) is 17.6. The van der Waals surface area contributed by atoms with E-state index in [9.17, 15) is 23.1 Å². The first kappa shape index (κ1) is 21.4. The number of carbonyl (C=O) groups is 2. The van der Waals surface area contributed by atoms with Crippen molar-refractivity contribution in [1.82, 2.24) is 14.5 Å². The van der Waals surface area contributed by atoms with Crippen molar-refractivity contribution in [3.8, 4) is 11.1 Å². The van der Waals surface area contributed by atoms with Crippen molar-refractivity contribution >= 4 is 27.6 Å². The molecule has 5 rings (SSSR count). The molecule has 1 spiro atoms. The molecule has 0 radical (unpaired) electrons. The van der Waals surface area contributed by atoms with E-state index >= 15 is 0 Å². The Hall–Kier alpha value is -3.50. The standard InChI is InChI=1S/C23H22N4O5S/c28-21(29)15-27-20-4-2-1-3-19(20)23(22(27)30)9-11-26(12-10-23)33(31,32)18-7-5-16(6-8-18)17-13-24-25-14-17/h1-8,13-14H,9-12,15H2,(H,24,25)(H,28,29). The summed E-state index contributed by atoms with van der Waals surface area (Å²) in [5.41, 5.74) is 2.19. The fraction of sp³-hybridized carbons (Fsp3) is 0.261. The molecule has 1 fully saturated rings. The molecule has 2 aliphatic heterocycles. The van der Waals surface area contributed by atoms with Gasteiger partial charge in [0.25, 0.3) is 0 Å². The number of sulfonamides is 1. The van der Waals surface area contributed by atoms with Crippen LogP contribution < -0.4 is 4.90 Å². The number of carboxylic acid groups (broad SMARTS) is 1. The molecule has 10 heteroatoms. The van der Waals surface area contributed by atoms with Crippen molar-refractivity contribution in [3.05, 3.63) is 66.5 Å². The monoisotopic (exact) mass is 466 g/mol. The number of fused-ring (bicyclic) bond motifs is 2. The fourth-order valence-electron chi connectivity index (χ4n) is 4.86. The lowest BCUT2D eigenvalue weighted by Crippen LogP contribution is -2.50. The molecule has 1 amide bonds. The number of aliphatic carboxylic acids is 1. The third kappa shape index (κ3) is 3.42. The average molecular weight is 467 g/mol. The minimum absolute atomic E-state index is 0.173. The van der Waals surface area contributed by atoms with Crippen molar-refractivity contribution in [1.29, 1.82) is 0 Å². The van der Waals surface area contributed by atoms with Gasteiger partial charge in [0, 0.05) is 30.5 Å². The molecule has 0 saturated carbocycles. The Balaban J connectivity index is 1.38. The molecule has 33 heavy (non-hydrogen) atoms. The number of nitrogens with zero attached hydrogens (tertiary/aromatic N) is 3. The molecule has 2 N–H and O–H groups in total. The number of carbonyl (C=O) groups excluding carboxylic acids is 1. The first-order valence-corrected chi connectivity index (χ1v) is 12.0. The molecule has 2 aliphatic rings. The number of amides is 1. The highest BCUT2D eigenvalue weighted by atomic mass is 32.2. The van der Waals surface area contributed by atoms with Crippen molar-refractivity contribution in [2.45, 2.75) is 23.2 Å². The van der Waals surface area contributed by atoms with Crippen molar-refractivity contribution in [2.24, 2.45) is 0 Å². The number of nitrogens with one attached hydrogen (secondary N) is 1. The van der Waals surface area contributed by atoms with Gasteiger partial charge in [-0.15, -0.1) is 0 Å². The van der Waals surface area contributed by atoms with E-state index < -0.39 is 28.0 Å². The molecule has 9 nitrogen and oxygen atoms in total. The van der Waals surface area contributed by atoms with E-state index in [-0.39, 0.29) is 23.9 Å². The number of hydrogen-bond donors (Lipinski definition) is 2. The molecule has 1 saturated heterocycles. The molecular weight excluding hydrogens is 444 g/mol. The lowest BCUT2D eigenvalue weighted by atomic mass is 9.74. The maximum atomic E-state index is 13.3. The number of benzene rings is 2. The maximum absolute atomic E-state index is 13.3. The summed E-state index contributed by atoms with van der Waals surface area (Å²) in [6.07, 6.45) is 3.99. The second-order valence-electron chi connectivity index (χ2n) is 8.30. The molecule has 0 unspecified atom stereocenters. The Morgan fingerprint density at radius 3 is 2.39 bits per heavy atom. The number of anilines is 1. The molecule has 0 aliphatic carbocycles. The molecule has 3 aromatic rings. The van der Waals surface area contributed by atoms with Crippen LogP contribution in [-0.2, 0) is 25.0 Å². The van der Waals surface area contributed by atoms with E-state index in [2.05, 4.69) is 10.2 Å². The van der Waals surface area contributed by atoms with E-state index in [4.69, 9.17) is 0 Å². The number of rotatable bonds is 5. The second kappa shape index (κ2) is 7.82. The first-order chi connectivity index (χ1) is 15.8. The third-order valence-electron chi connectivity index (χ3n) is 6.56. The van der Waals surface area contributed by atoms with E-state index in [1.165, 1.54) is 9.21 Å². The largest absolute Gasteiger partial charge is 0.480 e. The van der Waals surface area contributed by atoms with Crippen LogP contribution >= 0.6 is 0 Å². The maximum Gasteiger partial charge on any atom is 0.323 e. The fourth-order valence-corrected chi connectivity index (χ4v) is 6.30. The molecule has 2 aromatic carbocycles. The molecule has 170 valence electrons. The van der Waals surface area contributed by atoms with Crippen LogP contribution in [0.4, 0.5) is 5.69 Å². The van der Waals surface area contributed by atoms with Gasteiger partial charge < -0.3 is 10.0 Å². The van der Waals surface area contributed by atoms with Gasteiger partial charge in [-0.2, -0.15) is 9.40 Å². The van der Waals surface area contributed by atoms with Gasteiger partial charge in [-0.05, 0) is 42.2 Å². The minimum atomic E-state index is -3.73. The smallest absolute Gasteiger partial charge is 0.323 e. The molecule has 3 heterocycles. The summed E-state index contributed by atoms with van der Waals surface area (Å²) >= 11 is 0. The summed E-state index contributed by atoms with van der Waals surface area (Å²) < 4.78 is 27.9. The number of carboxylic acids is 1. The number of piperidine rings is 1. The predicted molar refractivity (Wildman–Crippen MR) is 120 cm³/mol. The summed E-state index contributed by atoms with van der Waals surface area (Å²) in [7, 11) is -3.73. The van der Waals surface area contributed by atoms with Gasteiger partial charge >= 0.3 is 5.97 Å². The van der Waals surface area contributed by atoms with Gasteiger partial charge in [-0.1, -0.05) is 30.3 Å². The lowest BCUT2D eigenvalue weighted by molar-refractivity contribution is -0.137. The Bertz CT molecular complexity index is 1310. The van der Waals surface area contributed by atoms with E-state index in [0.29, 0.717) is 18.5 Å². The van der Waals surface area contributed by atoms with Crippen molar-refractivity contribution in [2.75, 3.05) is 24.5 Å². The van der Waals surface area contributed by atoms with Crippen LogP contribution in [0, 0.1) is 0 Å². The van der Waals surface area contributed by atoms with Crippen LogP contribution in [0.2, 0.25) is 0 Å². The van der Waals surface area contributed by atoms with Gasteiger partial charge in [0.2, 0.25) is 15.9 Å². The molecule has 0 atom stereocenters. The Labute approximate surface area is 190 Å². The highest BCUT2D eigenvalue weighted by molar-refractivity contribution is 7.89. The molecular formula is C23H22N4O5S. The van der Waals surface area contributed by atoms with E-state index in [1.807, 2.05) is 12.1 Å². The van der Waals surface area contributed by atoms with E-state index in [1.54, 1.807) is 48.8 Å². The summed E-state index contributed by atoms with van der Waals surface area (Å²) in [5.74, 6) is -1.36. The van der Waals surface area contributed by atoms with Gasteiger partial charge in [-0.3, -0.25) is 14.7 Å².